The van der Waals surface area contributed by atoms with Crippen molar-refractivity contribution in [2.45, 2.75) is 13.8 Å². The second-order valence-electron chi connectivity index (χ2n) is 3.23. The number of hydrogen-bond donors (Lipinski definition) is 0. The first-order chi connectivity index (χ1) is 7.34. The molecule has 0 amide bonds. The molecule has 86 valence electrons. The van der Waals surface area contributed by atoms with E-state index >= 15 is 0 Å². The summed E-state index contributed by atoms with van der Waals surface area (Å²) in [6.45, 7) is 5.87. The van der Waals surface area contributed by atoms with Crippen LogP contribution in [0.5, 0.6) is 5.75 Å². The van der Waals surface area contributed by atoms with E-state index in [0.29, 0.717) is 6.07 Å². The fourth-order valence-corrected chi connectivity index (χ4v) is 1.21. The zero-order valence-corrected chi connectivity index (χ0v) is 8.73. The number of ether oxygens (including phenoxy) is 1. The van der Waals surface area contributed by atoms with Gasteiger partial charge in [-0.2, -0.15) is 0 Å². The van der Waals surface area contributed by atoms with Crippen molar-refractivity contribution >= 4 is 11.5 Å². The van der Waals surface area contributed by atoms with Crippen molar-refractivity contribution in [3.8, 4) is 5.75 Å². The summed E-state index contributed by atoms with van der Waals surface area (Å²) in [6.07, 6.45) is 0. The Hall–Kier alpha value is -1.78. The van der Waals surface area contributed by atoms with Gasteiger partial charge in [0, 0.05) is 13.0 Å². The third kappa shape index (κ3) is 2.24. The summed E-state index contributed by atoms with van der Waals surface area (Å²) < 4.78 is 43.8. The number of rotatable bonds is 2. The molecule has 1 rings (SSSR count). The van der Waals surface area contributed by atoms with Crippen molar-refractivity contribution in [1.29, 1.82) is 0 Å². The fraction of sp³-hybridized carbons (Fsp3) is 0.182. The van der Waals surface area contributed by atoms with Crippen LogP contribution in [0.3, 0.4) is 0 Å². The van der Waals surface area contributed by atoms with Gasteiger partial charge in [0.05, 0.1) is 5.56 Å². The number of hydrogen-bond acceptors (Lipinski definition) is 2. The Bertz CT molecular complexity index is 467. The van der Waals surface area contributed by atoms with Crippen molar-refractivity contribution in [2.24, 2.45) is 0 Å². The summed E-state index contributed by atoms with van der Waals surface area (Å²) >= 11 is 0. The highest BCUT2D eigenvalue weighted by Crippen LogP contribution is 2.31. The molecule has 0 unspecified atom stereocenters. The predicted molar refractivity (Wildman–Crippen MR) is 52.3 cm³/mol. The van der Waals surface area contributed by atoms with Gasteiger partial charge < -0.3 is 4.74 Å². The van der Waals surface area contributed by atoms with Crippen LogP contribution in [0.2, 0.25) is 0 Å². The Morgan fingerprint density at radius 3 is 2.25 bits per heavy atom. The van der Waals surface area contributed by atoms with Crippen molar-refractivity contribution in [1.82, 2.24) is 0 Å². The van der Waals surface area contributed by atoms with Gasteiger partial charge >= 0.3 is 5.97 Å². The second-order valence-corrected chi connectivity index (χ2v) is 3.23. The quantitative estimate of drug-likeness (QED) is 0.443. The van der Waals surface area contributed by atoms with E-state index in [1.165, 1.54) is 6.92 Å². The standard InChI is InChI=1S/C11H9F3O2/c1-5(2)9-8(16-6(3)15)4-7(12)10(13)11(9)14/h4H,1H2,2-3H3. The minimum absolute atomic E-state index is 0.132. The smallest absolute Gasteiger partial charge is 0.308 e. The Kier molecular flexibility index (Phi) is 3.37. The Morgan fingerprint density at radius 1 is 1.25 bits per heavy atom. The van der Waals surface area contributed by atoms with Crippen LogP contribution in [0, 0.1) is 17.5 Å². The largest absolute Gasteiger partial charge is 0.426 e. The monoisotopic (exact) mass is 230 g/mol. The molecule has 2 nitrogen and oxygen atoms in total. The van der Waals surface area contributed by atoms with Crippen LogP contribution < -0.4 is 4.74 Å². The van der Waals surface area contributed by atoms with E-state index in [1.807, 2.05) is 0 Å². The van der Waals surface area contributed by atoms with Gasteiger partial charge in [0.2, 0.25) is 0 Å². The predicted octanol–water partition coefficient (Wildman–Crippen LogP) is 3.06. The summed E-state index contributed by atoms with van der Waals surface area (Å²) in [6, 6.07) is 0.615. The van der Waals surface area contributed by atoms with Gasteiger partial charge in [0.25, 0.3) is 0 Å². The van der Waals surface area contributed by atoms with Crippen LogP contribution in [0.25, 0.3) is 5.57 Å². The molecule has 0 saturated carbocycles. The van der Waals surface area contributed by atoms with Crippen LogP contribution in [-0.4, -0.2) is 5.97 Å². The lowest BCUT2D eigenvalue weighted by atomic mass is 10.1. The molecule has 0 radical (unpaired) electrons. The minimum Gasteiger partial charge on any atom is -0.426 e. The molecule has 0 spiro atoms. The molecule has 0 aromatic heterocycles. The van der Waals surface area contributed by atoms with Crippen molar-refractivity contribution in [2.75, 3.05) is 0 Å². The van der Waals surface area contributed by atoms with Gasteiger partial charge in [0.1, 0.15) is 5.75 Å². The van der Waals surface area contributed by atoms with Gasteiger partial charge in [-0.15, -0.1) is 0 Å². The SMILES string of the molecule is C=C(C)c1c(OC(C)=O)cc(F)c(F)c1F. The van der Waals surface area contributed by atoms with Crippen LogP contribution in [0.4, 0.5) is 13.2 Å². The third-order valence-corrected chi connectivity index (χ3v) is 1.81. The number of allylic oxidation sites excluding steroid dienone is 1. The van der Waals surface area contributed by atoms with E-state index < -0.39 is 23.4 Å². The van der Waals surface area contributed by atoms with E-state index in [-0.39, 0.29) is 16.9 Å². The zero-order valence-electron chi connectivity index (χ0n) is 8.73. The Balaban J connectivity index is 3.46. The first-order valence-electron chi connectivity index (χ1n) is 4.36. The molecule has 0 fully saturated rings. The van der Waals surface area contributed by atoms with Gasteiger partial charge in [-0.05, 0) is 12.5 Å². The van der Waals surface area contributed by atoms with E-state index in [0.717, 1.165) is 6.92 Å². The highest BCUT2D eigenvalue weighted by atomic mass is 19.2. The summed E-state index contributed by atoms with van der Waals surface area (Å²) in [5.41, 5.74) is -0.207. The molecule has 0 N–H and O–H groups in total. The zero-order chi connectivity index (χ0) is 12.5. The molecule has 0 bridgehead atoms. The van der Waals surface area contributed by atoms with E-state index in [1.54, 1.807) is 0 Å². The van der Waals surface area contributed by atoms with Crippen LogP contribution in [-0.2, 0) is 4.79 Å². The van der Waals surface area contributed by atoms with Crippen molar-refractivity contribution in [3.63, 3.8) is 0 Å². The number of carbonyl (C=O) groups is 1. The highest BCUT2D eigenvalue weighted by molar-refractivity contribution is 5.74. The molecule has 0 aliphatic heterocycles. The fourth-order valence-electron chi connectivity index (χ4n) is 1.21. The van der Waals surface area contributed by atoms with Gasteiger partial charge in [-0.3, -0.25) is 4.79 Å². The maximum Gasteiger partial charge on any atom is 0.308 e. The maximum absolute atomic E-state index is 13.4. The molecular weight excluding hydrogens is 221 g/mol. The summed E-state index contributed by atoms with van der Waals surface area (Å²) in [7, 11) is 0. The third-order valence-electron chi connectivity index (χ3n) is 1.81. The molecule has 0 aliphatic rings. The van der Waals surface area contributed by atoms with Crippen LogP contribution in [0.1, 0.15) is 19.4 Å². The lowest BCUT2D eigenvalue weighted by Gasteiger charge is -2.10. The number of halogens is 3. The van der Waals surface area contributed by atoms with Crippen molar-refractivity contribution in [3.05, 3.63) is 35.7 Å². The average Bonchev–Trinajstić information content (AvgIpc) is 2.12. The Labute approximate surface area is 90.3 Å². The molecule has 5 heteroatoms. The molecule has 16 heavy (non-hydrogen) atoms. The second kappa shape index (κ2) is 4.38. The van der Waals surface area contributed by atoms with Gasteiger partial charge in [-0.1, -0.05) is 6.58 Å². The molecule has 0 atom stereocenters. The number of esters is 1. The summed E-state index contributed by atoms with van der Waals surface area (Å²) in [5, 5.41) is 0. The van der Waals surface area contributed by atoms with Gasteiger partial charge in [0.15, 0.2) is 17.5 Å². The first kappa shape index (κ1) is 12.3. The topological polar surface area (TPSA) is 26.3 Å². The molecule has 0 heterocycles. The molecular formula is C11H9F3O2. The van der Waals surface area contributed by atoms with Crippen molar-refractivity contribution < 1.29 is 22.7 Å². The van der Waals surface area contributed by atoms with Gasteiger partial charge in [-0.25, -0.2) is 13.2 Å². The lowest BCUT2D eigenvalue weighted by Crippen LogP contribution is -2.07. The highest BCUT2D eigenvalue weighted by Gasteiger charge is 2.20. The summed E-state index contributed by atoms with van der Waals surface area (Å²) in [5.74, 6) is -5.58. The van der Waals surface area contributed by atoms with E-state index in [9.17, 15) is 18.0 Å². The molecule has 0 aliphatic carbocycles. The normalized spacial score (nSPS) is 10.1. The van der Waals surface area contributed by atoms with E-state index in [2.05, 4.69) is 11.3 Å². The van der Waals surface area contributed by atoms with E-state index in [4.69, 9.17) is 0 Å². The minimum atomic E-state index is -1.62. The first-order valence-corrected chi connectivity index (χ1v) is 4.36. The molecule has 0 saturated heterocycles. The average molecular weight is 230 g/mol. The molecule has 1 aromatic carbocycles. The lowest BCUT2D eigenvalue weighted by molar-refractivity contribution is -0.131. The summed E-state index contributed by atoms with van der Waals surface area (Å²) in [4.78, 5) is 10.7. The number of carbonyl (C=O) groups excluding carboxylic acids is 1. The van der Waals surface area contributed by atoms with Crippen LogP contribution >= 0.6 is 0 Å². The maximum atomic E-state index is 13.4. The number of benzene rings is 1. The van der Waals surface area contributed by atoms with Crippen LogP contribution in [0.15, 0.2) is 12.6 Å². The Morgan fingerprint density at radius 2 is 1.81 bits per heavy atom. The molecule has 1 aromatic rings.